The number of hydrogen-bond acceptors (Lipinski definition) is 2. The van der Waals surface area contributed by atoms with Crippen LogP contribution < -0.4 is 5.32 Å². The molecule has 16 heavy (non-hydrogen) atoms. The van der Waals surface area contributed by atoms with Gasteiger partial charge in [0.05, 0.1) is 5.69 Å². The van der Waals surface area contributed by atoms with Crippen molar-refractivity contribution in [2.24, 2.45) is 0 Å². The second-order valence-corrected chi connectivity index (χ2v) is 3.98. The number of rotatable bonds is 1. The predicted octanol–water partition coefficient (Wildman–Crippen LogP) is 3.94. The van der Waals surface area contributed by atoms with E-state index in [1.165, 1.54) is 16.3 Å². The van der Waals surface area contributed by atoms with Crippen molar-refractivity contribution in [3.63, 3.8) is 0 Å². The molecule has 0 spiro atoms. The fourth-order valence-electron chi connectivity index (χ4n) is 2.20. The summed E-state index contributed by atoms with van der Waals surface area (Å²) in [7, 11) is 1.93. The first-order chi connectivity index (χ1) is 7.81. The van der Waals surface area contributed by atoms with Crippen LogP contribution in [0.5, 0.6) is 0 Å². The number of benzene rings is 2. The van der Waals surface area contributed by atoms with E-state index in [0.29, 0.717) is 0 Å². The molecule has 0 aliphatic rings. The van der Waals surface area contributed by atoms with Crippen LogP contribution in [-0.2, 0) is 0 Å². The molecule has 1 heterocycles. The van der Waals surface area contributed by atoms with Crippen LogP contribution in [0.2, 0.25) is 0 Å². The van der Waals surface area contributed by atoms with Gasteiger partial charge in [0, 0.05) is 17.8 Å². The Balaban J connectivity index is 2.54. The first-order valence-electron chi connectivity index (χ1n) is 5.40. The Morgan fingerprint density at radius 2 is 1.81 bits per heavy atom. The van der Waals surface area contributed by atoms with E-state index in [-0.39, 0.29) is 0 Å². The topological polar surface area (TPSA) is 25.2 Å². The Hall–Kier alpha value is -1.96. The third-order valence-electron chi connectivity index (χ3n) is 3.01. The van der Waals surface area contributed by atoms with Crippen LogP contribution in [0.25, 0.3) is 21.9 Å². The molecule has 2 aromatic carbocycles. The Morgan fingerprint density at radius 3 is 2.62 bits per heavy atom. The van der Waals surface area contributed by atoms with Crippen molar-refractivity contribution in [1.82, 2.24) is 0 Å². The Labute approximate surface area is 93.9 Å². The lowest BCUT2D eigenvalue weighted by molar-refractivity contribution is 0.669. The van der Waals surface area contributed by atoms with Gasteiger partial charge in [0.2, 0.25) is 0 Å². The molecule has 1 N–H and O–H groups in total. The molecule has 0 amide bonds. The van der Waals surface area contributed by atoms with Crippen LogP contribution in [-0.4, -0.2) is 7.05 Å². The highest BCUT2D eigenvalue weighted by Crippen LogP contribution is 2.34. The zero-order chi connectivity index (χ0) is 11.1. The number of para-hydroxylation sites is 1. The highest BCUT2D eigenvalue weighted by Gasteiger charge is 2.10. The zero-order valence-corrected chi connectivity index (χ0v) is 9.37. The second-order valence-electron chi connectivity index (χ2n) is 3.98. The lowest BCUT2D eigenvalue weighted by Gasteiger charge is -2.04. The van der Waals surface area contributed by atoms with Gasteiger partial charge in [-0.25, -0.2) is 0 Å². The fraction of sp³-hybridized carbons (Fsp3) is 0.143. The van der Waals surface area contributed by atoms with Crippen molar-refractivity contribution in [2.45, 2.75) is 6.92 Å². The Bertz CT molecular complexity index is 667. The van der Waals surface area contributed by atoms with Gasteiger partial charge in [-0.2, -0.15) is 0 Å². The SMILES string of the molecule is CNc1c(C)ccc2c1oc1ccccc12. The minimum atomic E-state index is 0.944. The maximum absolute atomic E-state index is 5.89. The molecule has 2 heteroatoms. The summed E-state index contributed by atoms with van der Waals surface area (Å²) < 4.78 is 5.89. The molecule has 0 bridgehead atoms. The van der Waals surface area contributed by atoms with E-state index in [9.17, 15) is 0 Å². The number of nitrogens with one attached hydrogen (secondary N) is 1. The summed E-state index contributed by atoms with van der Waals surface area (Å²) in [6, 6.07) is 12.4. The summed E-state index contributed by atoms with van der Waals surface area (Å²) in [4.78, 5) is 0. The molecule has 0 saturated carbocycles. The maximum Gasteiger partial charge on any atom is 0.158 e. The van der Waals surface area contributed by atoms with Gasteiger partial charge < -0.3 is 9.73 Å². The number of furan rings is 1. The van der Waals surface area contributed by atoms with E-state index in [1.807, 2.05) is 25.2 Å². The third-order valence-corrected chi connectivity index (χ3v) is 3.01. The van der Waals surface area contributed by atoms with E-state index in [4.69, 9.17) is 4.42 Å². The molecule has 3 aromatic rings. The maximum atomic E-state index is 5.89. The zero-order valence-electron chi connectivity index (χ0n) is 9.37. The van der Waals surface area contributed by atoms with Gasteiger partial charge in [-0.05, 0) is 18.6 Å². The predicted molar refractivity (Wildman–Crippen MR) is 68.0 cm³/mol. The number of hydrogen-bond donors (Lipinski definition) is 1. The first-order valence-corrected chi connectivity index (χ1v) is 5.40. The van der Waals surface area contributed by atoms with Gasteiger partial charge in [0.15, 0.2) is 5.58 Å². The van der Waals surface area contributed by atoms with E-state index >= 15 is 0 Å². The van der Waals surface area contributed by atoms with Crippen LogP contribution in [0.3, 0.4) is 0 Å². The first kappa shape index (κ1) is 9.28. The highest BCUT2D eigenvalue weighted by atomic mass is 16.3. The van der Waals surface area contributed by atoms with Gasteiger partial charge in [0.25, 0.3) is 0 Å². The third kappa shape index (κ3) is 1.13. The molecule has 0 radical (unpaired) electrons. The van der Waals surface area contributed by atoms with E-state index in [1.54, 1.807) is 0 Å². The molecular formula is C14H13NO. The van der Waals surface area contributed by atoms with Crippen molar-refractivity contribution >= 4 is 27.6 Å². The highest BCUT2D eigenvalue weighted by molar-refractivity contribution is 6.09. The number of fused-ring (bicyclic) bond motifs is 3. The molecule has 0 atom stereocenters. The van der Waals surface area contributed by atoms with Crippen molar-refractivity contribution in [2.75, 3.05) is 12.4 Å². The summed E-state index contributed by atoms with van der Waals surface area (Å²) in [5, 5.41) is 5.55. The second kappa shape index (κ2) is 3.27. The molecule has 2 nitrogen and oxygen atoms in total. The largest absolute Gasteiger partial charge is 0.454 e. The summed E-state index contributed by atoms with van der Waals surface area (Å²) in [6.07, 6.45) is 0. The Kier molecular flexibility index (Phi) is 1.90. The molecule has 0 aliphatic carbocycles. The number of aryl methyl sites for hydroxylation is 1. The van der Waals surface area contributed by atoms with Gasteiger partial charge >= 0.3 is 0 Å². The molecule has 1 aromatic heterocycles. The molecule has 0 unspecified atom stereocenters. The van der Waals surface area contributed by atoms with Crippen molar-refractivity contribution in [3.8, 4) is 0 Å². The monoisotopic (exact) mass is 211 g/mol. The van der Waals surface area contributed by atoms with Crippen molar-refractivity contribution in [3.05, 3.63) is 42.0 Å². The van der Waals surface area contributed by atoms with E-state index in [0.717, 1.165) is 16.9 Å². The van der Waals surface area contributed by atoms with Crippen LogP contribution in [0.15, 0.2) is 40.8 Å². The normalized spacial score (nSPS) is 11.1. The van der Waals surface area contributed by atoms with Crippen LogP contribution in [0.4, 0.5) is 5.69 Å². The average molecular weight is 211 g/mol. The van der Waals surface area contributed by atoms with Crippen LogP contribution >= 0.6 is 0 Å². The summed E-state index contributed by atoms with van der Waals surface area (Å²) in [5.41, 5.74) is 4.17. The van der Waals surface area contributed by atoms with Crippen LogP contribution in [0, 0.1) is 6.92 Å². The minimum absolute atomic E-state index is 0.944. The van der Waals surface area contributed by atoms with E-state index in [2.05, 4.69) is 30.4 Å². The number of anilines is 1. The molecule has 0 aliphatic heterocycles. The summed E-state index contributed by atoms with van der Waals surface area (Å²) >= 11 is 0. The smallest absolute Gasteiger partial charge is 0.158 e. The quantitative estimate of drug-likeness (QED) is 0.659. The van der Waals surface area contributed by atoms with Crippen molar-refractivity contribution < 1.29 is 4.42 Å². The molecule has 0 fully saturated rings. The molecule has 3 rings (SSSR count). The standard InChI is InChI=1S/C14H13NO/c1-9-7-8-11-10-5-3-4-6-12(10)16-14(11)13(9)15-2/h3-8,15H,1-2H3. The van der Waals surface area contributed by atoms with Crippen LogP contribution in [0.1, 0.15) is 5.56 Å². The molecule has 0 saturated heterocycles. The Morgan fingerprint density at radius 1 is 1.00 bits per heavy atom. The molecule has 80 valence electrons. The minimum Gasteiger partial charge on any atom is -0.454 e. The molecular weight excluding hydrogens is 198 g/mol. The summed E-state index contributed by atoms with van der Waals surface area (Å²) in [6.45, 7) is 2.08. The van der Waals surface area contributed by atoms with Crippen molar-refractivity contribution in [1.29, 1.82) is 0 Å². The van der Waals surface area contributed by atoms with Gasteiger partial charge in [0.1, 0.15) is 5.58 Å². The van der Waals surface area contributed by atoms with Gasteiger partial charge in [-0.1, -0.05) is 30.3 Å². The summed E-state index contributed by atoms with van der Waals surface area (Å²) in [5.74, 6) is 0. The lowest BCUT2D eigenvalue weighted by Crippen LogP contribution is -1.91. The fourth-order valence-corrected chi connectivity index (χ4v) is 2.20. The van der Waals surface area contributed by atoms with Gasteiger partial charge in [-0.15, -0.1) is 0 Å². The van der Waals surface area contributed by atoms with E-state index < -0.39 is 0 Å². The average Bonchev–Trinajstić information content (AvgIpc) is 2.67. The van der Waals surface area contributed by atoms with Gasteiger partial charge in [-0.3, -0.25) is 0 Å². The lowest BCUT2D eigenvalue weighted by atomic mass is 10.1.